The van der Waals surface area contributed by atoms with Crippen LogP contribution in [0.15, 0.2) is 18.5 Å². The monoisotopic (exact) mass is 165 g/mol. The standard InChI is InChI=1S/C9H8ClN/c1-8-5-9(3-2-4-10)7-11-6-8/h5-7H,4H2,1H3. The van der Waals surface area contributed by atoms with Crippen molar-refractivity contribution < 1.29 is 0 Å². The summed E-state index contributed by atoms with van der Waals surface area (Å²) in [5, 5.41) is 0. The topological polar surface area (TPSA) is 12.9 Å². The maximum Gasteiger partial charge on any atom is 0.0839 e. The lowest BCUT2D eigenvalue weighted by Crippen LogP contribution is -1.80. The minimum atomic E-state index is 0.369. The Hall–Kier alpha value is -1.00. The van der Waals surface area contributed by atoms with Gasteiger partial charge in [-0.15, -0.1) is 11.6 Å². The van der Waals surface area contributed by atoms with Crippen LogP contribution in [0.3, 0.4) is 0 Å². The van der Waals surface area contributed by atoms with E-state index in [-0.39, 0.29) is 0 Å². The van der Waals surface area contributed by atoms with Gasteiger partial charge in [0.25, 0.3) is 0 Å². The van der Waals surface area contributed by atoms with Crippen molar-refractivity contribution >= 4 is 11.6 Å². The molecule has 0 unspecified atom stereocenters. The van der Waals surface area contributed by atoms with Gasteiger partial charge in [-0.2, -0.15) is 0 Å². The molecule has 0 amide bonds. The number of hydrogen-bond donors (Lipinski definition) is 0. The zero-order chi connectivity index (χ0) is 8.10. The van der Waals surface area contributed by atoms with E-state index < -0.39 is 0 Å². The van der Waals surface area contributed by atoms with Crippen molar-refractivity contribution in [2.24, 2.45) is 0 Å². The minimum Gasteiger partial charge on any atom is -0.263 e. The molecular weight excluding hydrogens is 158 g/mol. The smallest absolute Gasteiger partial charge is 0.0839 e. The fraction of sp³-hybridized carbons (Fsp3) is 0.222. The molecule has 0 bridgehead atoms. The van der Waals surface area contributed by atoms with Gasteiger partial charge in [0.1, 0.15) is 0 Å². The van der Waals surface area contributed by atoms with Crippen molar-refractivity contribution in [2.45, 2.75) is 6.92 Å². The van der Waals surface area contributed by atoms with E-state index in [1.54, 1.807) is 12.4 Å². The predicted octanol–water partition coefficient (Wildman–Crippen LogP) is 1.98. The second-order valence-electron chi connectivity index (χ2n) is 2.19. The highest BCUT2D eigenvalue weighted by molar-refractivity contribution is 6.19. The third-order valence-corrected chi connectivity index (χ3v) is 1.31. The summed E-state index contributed by atoms with van der Waals surface area (Å²) in [5.41, 5.74) is 2.04. The molecule has 11 heavy (non-hydrogen) atoms. The number of rotatable bonds is 0. The van der Waals surface area contributed by atoms with Gasteiger partial charge in [-0.3, -0.25) is 4.98 Å². The average Bonchev–Trinajstić information content (AvgIpc) is 2.01. The van der Waals surface area contributed by atoms with Crippen LogP contribution in [0.1, 0.15) is 11.1 Å². The Morgan fingerprint density at radius 3 is 3.00 bits per heavy atom. The van der Waals surface area contributed by atoms with Crippen LogP contribution in [0.2, 0.25) is 0 Å². The minimum absolute atomic E-state index is 0.369. The number of aryl methyl sites for hydroxylation is 1. The van der Waals surface area contributed by atoms with Crippen LogP contribution < -0.4 is 0 Å². The number of halogens is 1. The van der Waals surface area contributed by atoms with Gasteiger partial charge in [0.05, 0.1) is 5.88 Å². The molecule has 0 aliphatic rings. The molecule has 0 saturated carbocycles. The van der Waals surface area contributed by atoms with Gasteiger partial charge in [-0.1, -0.05) is 11.8 Å². The average molecular weight is 166 g/mol. The zero-order valence-corrected chi connectivity index (χ0v) is 7.02. The van der Waals surface area contributed by atoms with E-state index in [9.17, 15) is 0 Å². The summed E-state index contributed by atoms with van der Waals surface area (Å²) in [7, 11) is 0. The van der Waals surface area contributed by atoms with Gasteiger partial charge >= 0.3 is 0 Å². The lowest BCUT2D eigenvalue weighted by molar-refractivity contribution is 1.26. The number of aromatic nitrogens is 1. The highest BCUT2D eigenvalue weighted by atomic mass is 35.5. The van der Waals surface area contributed by atoms with E-state index in [1.807, 2.05) is 13.0 Å². The van der Waals surface area contributed by atoms with Crippen LogP contribution >= 0.6 is 11.6 Å². The third-order valence-electron chi connectivity index (χ3n) is 1.17. The first kappa shape index (κ1) is 8.10. The van der Waals surface area contributed by atoms with Crippen molar-refractivity contribution in [3.05, 3.63) is 29.6 Å². The second-order valence-corrected chi connectivity index (χ2v) is 2.45. The van der Waals surface area contributed by atoms with Crippen LogP contribution in [0.4, 0.5) is 0 Å². The molecule has 0 fully saturated rings. The second kappa shape index (κ2) is 4.00. The highest BCUT2D eigenvalue weighted by Gasteiger charge is 1.86. The summed E-state index contributed by atoms with van der Waals surface area (Å²) >= 11 is 5.40. The molecule has 1 rings (SSSR count). The SMILES string of the molecule is Cc1cncc(C#CCCl)c1. The summed E-state index contributed by atoms with van der Waals surface area (Å²) < 4.78 is 0. The largest absolute Gasteiger partial charge is 0.263 e. The first-order chi connectivity index (χ1) is 5.33. The fourth-order valence-corrected chi connectivity index (χ4v) is 0.826. The van der Waals surface area contributed by atoms with E-state index in [0.717, 1.165) is 11.1 Å². The fourth-order valence-electron chi connectivity index (χ4n) is 0.759. The quantitative estimate of drug-likeness (QED) is 0.423. The van der Waals surface area contributed by atoms with Crippen LogP contribution in [-0.2, 0) is 0 Å². The van der Waals surface area contributed by atoms with Crippen molar-refractivity contribution in [2.75, 3.05) is 5.88 Å². The Labute approximate surface area is 71.4 Å². The molecule has 0 spiro atoms. The van der Waals surface area contributed by atoms with Crippen molar-refractivity contribution in [1.29, 1.82) is 0 Å². The van der Waals surface area contributed by atoms with Crippen LogP contribution in [0.5, 0.6) is 0 Å². The Balaban J connectivity index is 2.87. The molecule has 1 aromatic heterocycles. The Bertz CT molecular complexity index is 296. The van der Waals surface area contributed by atoms with Crippen LogP contribution in [0, 0.1) is 18.8 Å². The zero-order valence-electron chi connectivity index (χ0n) is 6.26. The van der Waals surface area contributed by atoms with Crippen molar-refractivity contribution in [3.8, 4) is 11.8 Å². The normalized spacial score (nSPS) is 8.55. The van der Waals surface area contributed by atoms with E-state index in [1.165, 1.54) is 0 Å². The van der Waals surface area contributed by atoms with Crippen LogP contribution in [0.25, 0.3) is 0 Å². The molecule has 0 aliphatic carbocycles. The summed E-state index contributed by atoms with van der Waals surface area (Å²) in [5.74, 6) is 6.03. The Morgan fingerprint density at radius 1 is 1.55 bits per heavy atom. The molecule has 0 N–H and O–H groups in total. The Kier molecular flexibility index (Phi) is 2.95. The maximum absolute atomic E-state index is 5.40. The molecule has 2 heteroatoms. The van der Waals surface area contributed by atoms with Gasteiger partial charge in [0, 0.05) is 18.0 Å². The van der Waals surface area contributed by atoms with Crippen molar-refractivity contribution in [1.82, 2.24) is 4.98 Å². The maximum atomic E-state index is 5.40. The summed E-state index contributed by atoms with van der Waals surface area (Å²) in [6.07, 6.45) is 3.53. The lowest BCUT2D eigenvalue weighted by atomic mass is 10.2. The van der Waals surface area contributed by atoms with Crippen molar-refractivity contribution in [3.63, 3.8) is 0 Å². The molecule has 56 valence electrons. The molecule has 0 radical (unpaired) electrons. The first-order valence-electron chi connectivity index (χ1n) is 3.29. The molecule has 1 heterocycles. The van der Waals surface area contributed by atoms with Gasteiger partial charge in [-0.05, 0) is 18.6 Å². The summed E-state index contributed by atoms with van der Waals surface area (Å²) in [6.45, 7) is 1.98. The predicted molar refractivity (Wildman–Crippen MR) is 46.6 cm³/mol. The van der Waals surface area contributed by atoms with Gasteiger partial charge in [-0.25, -0.2) is 0 Å². The number of pyridine rings is 1. The number of hydrogen-bond acceptors (Lipinski definition) is 1. The number of nitrogens with zero attached hydrogens (tertiary/aromatic N) is 1. The lowest BCUT2D eigenvalue weighted by Gasteiger charge is -1.90. The molecule has 0 saturated heterocycles. The van der Waals surface area contributed by atoms with Gasteiger partial charge in [0.15, 0.2) is 0 Å². The van der Waals surface area contributed by atoms with Crippen LogP contribution in [-0.4, -0.2) is 10.9 Å². The summed E-state index contributed by atoms with van der Waals surface area (Å²) in [6, 6.07) is 1.98. The molecule has 1 aromatic rings. The first-order valence-corrected chi connectivity index (χ1v) is 3.83. The molecular formula is C9H8ClN. The molecule has 0 aliphatic heterocycles. The molecule has 0 aromatic carbocycles. The number of alkyl halides is 1. The van der Waals surface area contributed by atoms with E-state index in [4.69, 9.17) is 11.6 Å². The highest BCUT2D eigenvalue weighted by Crippen LogP contribution is 1.98. The van der Waals surface area contributed by atoms with Gasteiger partial charge < -0.3 is 0 Å². The van der Waals surface area contributed by atoms with E-state index in [2.05, 4.69) is 16.8 Å². The molecule has 0 atom stereocenters. The van der Waals surface area contributed by atoms with E-state index >= 15 is 0 Å². The van der Waals surface area contributed by atoms with E-state index in [0.29, 0.717) is 5.88 Å². The third kappa shape index (κ3) is 2.61. The van der Waals surface area contributed by atoms with Gasteiger partial charge in [0.2, 0.25) is 0 Å². The Morgan fingerprint density at radius 2 is 2.36 bits per heavy atom. The molecule has 1 nitrogen and oxygen atoms in total. The summed E-state index contributed by atoms with van der Waals surface area (Å²) in [4.78, 5) is 3.99.